The Balaban J connectivity index is 0.882. The summed E-state index contributed by atoms with van der Waals surface area (Å²) in [6.07, 6.45) is 0. The summed E-state index contributed by atoms with van der Waals surface area (Å²) in [6.45, 7) is 0. The average Bonchev–Trinajstić information content (AvgIpc) is 3.96. The standard InChI is InChI=1S/C63H43N5/c1-5-17-47(18-6-1)65(51-33-31-44(32-34-51)63-64-59-26-14-16-28-62(59)68(63)50-23-11-4-12-24-50)52-35-38-55-45(41-52)29-30-46-42-53(36-39-56(46)55)66(48-19-7-2-8-20-48)54-37-40-61-58(43-54)57-25-13-15-27-60(57)67(61)49-21-9-3-10-22-49/h1-43H. The van der Waals surface area contributed by atoms with Crippen LogP contribution in [0.5, 0.6) is 0 Å². The molecule has 0 atom stereocenters. The van der Waals surface area contributed by atoms with Crippen LogP contribution in [0.15, 0.2) is 261 Å². The molecule has 0 amide bonds. The molecule has 0 aliphatic rings. The minimum atomic E-state index is 0.913. The smallest absolute Gasteiger partial charge is 0.145 e. The number of hydrogen-bond donors (Lipinski definition) is 0. The van der Waals surface area contributed by atoms with E-state index < -0.39 is 0 Å². The van der Waals surface area contributed by atoms with Gasteiger partial charge in [0.05, 0.1) is 22.1 Å². The molecule has 0 saturated carbocycles. The molecule has 5 heteroatoms. The molecule has 0 spiro atoms. The van der Waals surface area contributed by atoms with Crippen molar-refractivity contribution < 1.29 is 0 Å². The van der Waals surface area contributed by atoms with Gasteiger partial charge >= 0.3 is 0 Å². The van der Waals surface area contributed by atoms with E-state index in [9.17, 15) is 0 Å². The normalized spacial score (nSPS) is 11.5. The first-order chi connectivity index (χ1) is 33.7. The number of fused-ring (bicyclic) bond motifs is 7. The third-order valence-electron chi connectivity index (χ3n) is 13.2. The van der Waals surface area contributed by atoms with Crippen LogP contribution in [0.2, 0.25) is 0 Å². The van der Waals surface area contributed by atoms with Crippen molar-refractivity contribution in [3.05, 3.63) is 261 Å². The van der Waals surface area contributed by atoms with E-state index >= 15 is 0 Å². The topological polar surface area (TPSA) is 29.2 Å². The molecule has 0 bridgehead atoms. The highest BCUT2D eigenvalue weighted by molar-refractivity contribution is 6.12. The van der Waals surface area contributed by atoms with Crippen LogP contribution in [0.4, 0.5) is 34.1 Å². The molecule has 0 unspecified atom stereocenters. The van der Waals surface area contributed by atoms with Gasteiger partial charge in [0.2, 0.25) is 0 Å². The van der Waals surface area contributed by atoms with E-state index in [4.69, 9.17) is 4.98 Å². The van der Waals surface area contributed by atoms with Crippen molar-refractivity contribution in [1.29, 1.82) is 0 Å². The highest BCUT2D eigenvalue weighted by Crippen LogP contribution is 2.43. The maximum atomic E-state index is 5.13. The summed E-state index contributed by atoms with van der Waals surface area (Å²) >= 11 is 0. The number of aromatic nitrogens is 3. The lowest BCUT2D eigenvalue weighted by atomic mass is 10.00. The zero-order chi connectivity index (χ0) is 45.0. The van der Waals surface area contributed by atoms with Crippen LogP contribution >= 0.6 is 0 Å². The van der Waals surface area contributed by atoms with Gasteiger partial charge in [-0.25, -0.2) is 4.98 Å². The second-order valence-corrected chi connectivity index (χ2v) is 17.2. The Morgan fingerprint density at radius 1 is 0.279 bits per heavy atom. The Bertz CT molecular complexity index is 3950. The van der Waals surface area contributed by atoms with E-state index in [1.54, 1.807) is 0 Å². The van der Waals surface area contributed by atoms with Gasteiger partial charge in [-0.1, -0.05) is 127 Å². The predicted molar refractivity (Wildman–Crippen MR) is 285 cm³/mol. The van der Waals surface area contributed by atoms with E-state index in [1.165, 1.54) is 43.4 Å². The van der Waals surface area contributed by atoms with E-state index in [-0.39, 0.29) is 0 Å². The van der Waals surface area contributed by atoms with Crippen LogP contribution in [-0.4, -0.2) is 14.1 Å². The SMILES string of the molecule is c1ccc(N(c2ccc(-c3nc4ccccc4n3-c3ccccc3)cc2)c2ccc3c(ccc4cc(N(c5ccccc5)c5ccc6c(c5)c5ccccc5n6-c5ccccc5)ccc43)c2)cc1. The Hall–Kier alpha value is -9.19. The van der Waals surface area contributed by atoms with Gasteiger partial charge < -0.3 is 14.4 Å². The Labute approximate surface area is 394 Å². The zero-order valence-electron chi connectivity index (χ0n) is 37.1. The summed E-state index contributed by atoms with van der Waals surface area (Å²) in [5.74, 6) is 0.913. The van der Waals surface area contributed by atoms with E-state index in [2.05, 4.69) is 274 Å². The molecule has 320 valence electrons. The van der Waals surface area contributed by atoms with Gasteiger partial charge in [0.1, 0.15) is 5.82 Å². The van der Waals surface area contributed by atoms with Crippen molar-refractivity contribution in [3.8, 4) is 22.8 Å². The lowest BCUT2D eigenvalue weighted by Gasteiger charge is -2.27. The van der Waals surface area contributed by atoms with Crippen LogP contribution in [0.3, 0.4) is 0 Å². The van der Waals surface area contributed by atoms with Crippen LogP contribution in [-0.2, 0) is 0 Å². The molecule has 2 aromatic heterocycles. The molecule has 68 heavy (non-hydrogen) atoms. The molecule has 0 saturated heterocycles. The summed E-state index contributed by atoms with van der Waals surface area (Å²) in [5, 5.41) is 7.23. The van der Waals surface area contributed by atoms with Gasteiger partial charge in [0, 0.05) is 61.8 Å². The van der Waals surface area contributed by atoms with Crippen molar-refractivity contribution in [2.75, 3.05) is 9.80 Å². The maximum Gasteiger partial charge on any atom is 0.145 e. The van der Waals surface area contributed by atoms with Gasteiger partial charge in [-0.05, 0) is 155 Å². The summed E-state index contributed by atoms with van der Waals surface area (Å²) in [7, 11) is 0. The molecule has 0 aliphatic heterocycles. The number of anilines is 6. The largest absolute Gasteiger partial charge is 0.310 e. The van der Waals surface area contributed by atoms with Gasteiger partial charge in [0.15, 0.2) is 0 Å². The molecule has 13 rings (SSSR count). The molecule has 0 aliphatic carbocycles. The van der Waals surface area contributed by atoms with Crippen molar-refractivity contribution >= 4 is 88.5 Å². The van der Waals surface area contributed by atoms with Crippen LogP contribution in [0.1, 0.15) is 0 Å². The number of rotatable bonds is 9. The first-order valence-electron chi connectivity index (χ1n) is 23.1. The lowest BCUT2D eigenvalue weighted by Crippen LogP contribution is -2.10. The van der Waals surface area contributed by atoms with Gasteiger partial charge in [-0.3, -0.25) is 4.57 Å². The summed E-state index contributed by atoms with van der Waals surface area (Å²) in [5.41, 5.74) is 14.3. The molecule has 2 heterocycles. The molecular formula is C63H43N5. The van der Waals surface area contributed by atoms with Crippen LogP contribution in [0, 0.1) is 0 Å². The van der Waals surface area contributed by atoms with Gasteiger partial charge in [-0.2, -0.15) is 0 Å². The summed E-state index contributed by atoms with van der Waals surface area (Å²) in [4.78, 5) is 9.84. The van der Waals surface area contributed by atoms with Crippen molar-refractivity contribution in [1.82, 2.24) is 14.1 Å². The summed E-state index contributed by atoms with van der Waals surface area (Å²) < 4.78 is 4.62. The minimum Gasteiger partial charge on any atom is -0.310 e. The van der Waals surface area contributed by atoms with Crippen LogP contribution in [0.25, 0.3) is 77.1 Å². The number of benzene rings is 11. The Morgan fingerprint density at radius 2 is 0.721 bits per heavy atom. The second kappa shape index (κ2) is 16.4. The first-order valence-corrected chi connectivity index (χ1v) is 23.1. The highest BCUT2D eigenvalue weighted by Gasteiger charge is 2.20. The molecule has 11 aromatic carbocycles. The molecule has 0 fully saturated rings. The average molecular weight is 870 g/mol. The number of hydrogen-bond acceptors (Lipinski definition) is 3. The first kappa shape index (κ1) is 39.2. The molecule has 0 radical (unpaired) electrons. The molecule has 13 aromatic rings. The van der Waals surface area contributed by atoms with E-state index in [0.717, 1.165) is 67.9 Å². The molecule has 5 nitrogen and oxygen atoms in total. The fourth-order valence-electron chi connectivity index (χ4n) is 10.1. The Kier molecular flexibility index (Phi) is 9.43. The van der Waals surface area contributed by atoms with Gasteiger partial charge in [-0.15, -0.1) is 0 Å². The predicted octanol–water partition coefficient (Wildman–Crippen LogP) is 17.0. The second-order valence-electron chi connectivity index (χ2n) is 17.2. The molecule has 0 N–H and O–H groups in total. The fourth-order valence-corrected chi connectivity index (χ4v) is 10.1. The number of imidazole rings is 1. The number of para-hydroxylation sites is 7. The molecular weight excluding hydrogens is 827 g/mol. The third-order valence-corrected chi connectivity index (χ3v) is 13.2. The van der Waals surface area contributed by atoms with Crippen molar-refractivity contribution in [2.24, 2.45) is 0 Å². The zero-order valence-corrected chi connectivity index (χ0v) is 37.1. The van der Waals surface area contributed by atoms with Crippen molar-refractivity contribution in [3.63, 3.8) is 0 Å². The fraction of sp³-hybridized carbons (Fsp3) is 0. The summed E-state index contributed by atoms with van der Waals surface area (Å²) in [6, 6.07) is 93.5. The highest BCUT2D eigenvalue weighted by atomic mass is 15.2. The monoisotopic (exact) mass is 869 g/mol. The van der Waals surface area contributed by atoms with Crippen molar-refractivity contribution in [2.45, 2.75) is 0 Å². The Morgan fingerprint density at radius 3 is 1.34 bits per heavy atom. The van der Waals surface area contributed by atoms with Gasteiger partial charge in [0.25, 0.3) is 0 Å². The number of nitrogens with zero attached hydrogens (tertiary/aromatic N) is 5. The quantitative estimate of drug-likeness (QED) is 0.135. The minimum absolute atomic E-state index is 0.913. The van der Waals surface area contributed by atoms with E-state index in [1.807, 2.05) is 6.07 Å². The van der Waals surface area contributed by atoms with Crippen LogP contribution < -0.4 is 9.80 Å². The maximum absolute atomic E-state index is 5.13. The lowest BCUT2D eigenvalue weighted by molar-refractivity contribution is 1.10. The third kappa shape index (κ3) is 6.68. The van der Waals surface area contributed by atoms with E-state index in [0.29, 0.717) is 0 Å².